The molecule has 3 fully saturated rings. The largest absolute Gasteiger partial charge is 0.491 e. The SMILES string of the molecule is COc1c[nH]c(C(=O)N2CCCNC(=O)[C@@H]3C[C@@H]4CCCN4[C@@]34C(=O)N(CC2)c2ccccc24)cc1=O. The Hall–Kier alpha value is -3.66. The fourth-order valence-electron chi connectivity index (χ4n) is 6.83. The van der Waals surface area contributed by atoms with Gasteiger partial charge in [0.05, 0.1) is 13.0 Å². The topological polar surface area (TPSA) is 115 Å². The summed E-state index contributed by atoms with van der Waals surface area (Å²) in [6, 6.07) is 9.21. The summed E-state index contributed by atoms with van der Waals surface area (Å²) in [4.78, 5) is 62.1. The lowest BCUT2D eigenvalue weighted by Crippen LogP contribution is -2.57. The Kier molecular flexibility index (Phi) is 5.78. The van der Waals surface area contributed by atoms with E-state index in [4.69, 9.17) is 4.74 Å². The lowest BCUT2D eigenvalue weighted by atomic mass is 9.78. The second-order valence-electron chi connectivity index (χ2n) is 10.2. The Morgan fingerprint density at radius 1 is 1.08 bits per heavy atom. The minimum atomic E-state index is -1.00. The Balaban J connectivity index is 1.37. The van der Waals surface area contributed by atoms with Crippen LogP contribution >= 0.6 is 0 Å². The molecule has 1 aromatic carbocycles. The first kappa shape index (κ1) is 23.7. The summed E-state index contributed by atoms with van der Waals surface area (Å²) in [5.41, 5.74) is 0.465. The molecular formula is C27H31N5O5. The number of hydrogen-bond acceptors (Lipinski definition) is 6. The fourth-order valence-corrected chi connectivity index (χ4v) is 6.83. The number of nitrogens with zero attached hydrogens (tertiary/aromatic N) is 3. The van der Waals surface area contributed by atoms with Crippen molar-refractivity contribution in [1.29, 1.82) is 0 Å². The van der Waals surface area contributed by atoms with Crippen molar-refractivity contribution in [2.45, 2.75) is 37.3 Å². The van der Waals surface area contributed by atoms with Crippen LogP contribution < -0.4 is 20.4 Å². The van der Waals surface area contributed by atoms with Crippen LogP contribution in [0.5, 0.6) is 5.75 Å². The van der Waals surface area contributed by atoms with Crippen molar-refractivity contribution < 1.29 is 19.1 Å². The minimum Gasteiger partial charge on any atom is -0.491 e. The summed E-state index contributed by atoms with van der Waals surface area (Å²) in [6.07, 6.45) is 4.62. The molecule has 2 bridgehead atoms. The van der Waals surface area contributed by atoms with E-state index in [1.54, 1.807) is 9.80 Å². The van der Waals surface area contributed by atoms with E-state index in [0.29, 0.717) is 39.0 Å². The van der Waals surface area contributed by atoms with Gasteiger partial charge in [-0.3, -0.25) is 24.1 Å². The zero-order valence-electron chi connectivity index (χ0n) is 20.9. The van der Waals surface area contributed by atoms with Gasteiger partial charge in [-0.1, -0.05) is 18.2 Å². The van der Waals surface area contributed by atoms with Crippen LogP contribution in [0.1, 0.15) is 41.7 Å². The molecule has 5 heterocycles. The second-order valence-corrected chi connectivity index (χ2v) is 10.2. The van der Waals surface area contributed by atoms with E-state index >= 15 is 0 Å². The first-order valence-electron chi connectivity index (χ1n) is 13.0. The predicted molar refractivity (Wildman–Crippen MR) is 135 cm³/mol. The second kappa shape index (κ2) is 9.02. The maximum Gasteiger partial charge on any atom is 0.270 e. The van der Waals surface area contributed by atoms with E-state index in [1.807, 2.05) is 24.3 Å². The lowest BCUT2D eigenvalue weighted by molar-refractivity contribution is -0.139. The van der Waals surface area contributed by atoms with Crippen LogP contribution in [0, 0.1) is 5.92 Å². The number of hydrogen-bond donors (Lipinski definition) is 2. The molecule has 10 nitrogen and oxygen atoms in total. The number of ether oxygens (including phenoxy) is 1. The fraction of sp³-hybridized carbons (Fsp3) is 0.481. The molecule has 10 heteroatoms. The molecule has 0 radical (unpaired) electrons. The van der Waals surface area contributed by atoms with Crippen molar-refractivity contribution in [3.8, 4) is 5.75 Å². The molecule has 0 unspecified atom stereocenters. The highest BCUT2D eigenvalue weighted by Crippen LogP contribution is 2.57. The molecule has 2 aromatic rings. The number of para-hydroxylation sites is 1. The normalized spacial score (nSPS) is 27.6. The van der Waals surface area contributed by atoms with Crippen molar-refractivity contribution in [2.24, 2.45) is 5.92 Å². The number of H-pyrrole nitrogens is 1. The average molecular weight is 506 g/mol. The third kappa shape index (κ3) is 3.49. The molecule has 0 saturated carbocycles. The van der Waals surface area contributed by atoms with E-state index in [2.05, 4.69) is 15.2 Å². The molecule has 1 spiro atoms. The Labute approximate surface area is 214 Å². The van der Waals surface area contributed by atoms with Crippen LogP contribution in [0.3, 0.4) is 0 Å². The third-order valence-corrected chi connectivity index (χ3v) is 8.45. The van der Waals surface area contributed by atoms with E-state index < -0.39 is 11.5 Å². The number of fused-ring (bicyclic) bond motifs is 4. The summed E-state index contributed by atoms with van der Waals surface area (Å²) in [5.74, 6) is -0.834. The molecule has 0 aliphatic carbocycles. The van der Waals surface area contributed by atoms with Crippen LogP contribution in [-0.2, 0) is 15.1 Å². The van der Waals surface area contributed by atoms with Crippen molar-refractivity contribution in [3.05, 3.63) is 58.0 Å². The van der Waals surface area contributed by atoms with Gasteiger partial charge in [-0.05, 0) is 38.3 Å². The Bertz CT molecular complexity index is 1320. The van der Waals surface area contributed by atoms with E-state index in [9.17, 15) is 19.2 Å². The van der Waals surface area contributed by atoms with Crippen LogP contribution in [0.25, 0.3) is 0 Å². The molecule has 3 amide bonds. The average Bonchev–Trinajstić information content (AvgIpc) is 3.56. The highest BCUT2D eigenvalue weighted by Gasteiger charge is 2.67. The summed E-state index contributed by atoms with van der Waals surface area (Å²) in [5, 5.41) is 3.06. The maximum atomic E-state index is 14.4. The first-order chi connectivity index (χ1) is 18.0. The summed E-state index contributed by atoms with van der Waals surface area (Å²) >= 11 is 0. The highest BCUT2D eigenvalue weighted by atomic mass is 16.5. The van der Waals surface area contributed by atoms with Gasteiger partial charge in [0.2, 0.25) is 11.3 Å². The number of pyridine rings is 1. The molecule has 6 rings (SSSR count). The molecule has 1 aromatic heterocycles. The van der Waals surface area contributed by atoms with Gasteiger partial charge in [-0.2, -0.15) is 0 Å². The van der Waals surface area contributed by atoms with Crippen molar-refractivity contribution >= 4 is 23.4 Å². The Morgan fingerprint density at radius 3 is 2.73 bits per heavy atom. The van der Waals surface area contributed by atoms with Gasteiger partial charge in [0.25, 0.3) is 11.8 Å². The number of aromatic nitrogens is 1. The summed E-state index contributed by atoms with van der Waals surface area (Å²) < 4.78 is 5.01. The molecular weight excluding hydrogens is 474 g/mol. The van der Waals surface area contributed by atoms with Gasteiger partial charge in [0.1, 0.15) is 11.2 Å². The number of carbonyl (C=O) groups is 3. The number of methoxy groups -OCH3 is 1. The van der Waals surface area contributed by atoms with Gasteiger partial charge in [-0.25, -0.2) is 0 Å². The predicted octanol–water partition coefficient (Wildman–Crippen LogP) is 1.07. The van der Waals surface area contributed by atoms with Crippen molar-refractivity contribution in [3.63, 3.8) is 0 Å². The molecule has 37 heavy (non-hydrogen) atoms. The van der Waals surface area contributed by atoms with Gasteiger partial charge in [-0.15, -0.1) is 0 Å². The Morgan fingerprint density at radius 2 is 1.92 bits per heavy atom. The van der Waals surface area contributed by atoms with E-state index in [-0.39, 0.29) is 40.6 Å². The molecule has 4 aliphatic heterocycles. The number of amides is 3. The third-order valence-electron chi connectivity index (χ3n) is 8.45. The monoisotopic (exact) mass is 505 g/mol. The van der Waals surface area contributed by atoms with Gasteiger partial charge in [0, 0.05) is 55.7 Å². The zero-order valence-corrected chi connectivity index (χ0v) is 20.9. The van der Waals surface area contributed by atoms with Gasteiger partial charge >= 0.3 is 0 Å². The van der Waals surface area contributed by atoms with Gasteiger partial charge < -0.3 is 24.8 Å². The number of anilines is 1. The molecule has 3 saturated heterocycles. The van der Waals surface area contributed by atoms with Crippen molar-refractivity contribution in [2.75, 3.05) is 44.7 Å². The standard InChI is InChI=1S/C27H31N5O5/c1-37-23-16-29-20(15-22(23)33)25(35)30-10-5-9-28-24(34)19-14-17-6-4-11-32(17)27(19)18-7-2-3-8-21(18)31(13-12-30)26(27)36/h2-3,7-8,15-17,19H,4-6,9-14H2,1H3,(H,28,34)(H,29,33)/t17-,19-,27+/m0/s1. The van der Waals surface area contributed by atoms with E-state index in [0.717, 1.165) is 30.6 Å². The molecule has 2 N–H and O–H groups in total. The number of rotatable bonds is 2. The number of carbonyl (C=O) groups excluding carboxylic acids is 3. The molecule has 194 valence electrons. The number of aromatic amines is 1. The number of benzene rings is 1. The summed E-state index contributed by atoms with van der Waals surface area (Å²) in [6.45, 7) is 2.17. The van der Waals surface area contributed by atoms with Crippen LogP contribution in [0.15, 0.2) is 41.3 Å². The highest BCUT2D eigenvalue weighted by molar-refractivity contribution is 6.11. The summed E-state index contributed by atoms with van der Waals surface area (Å²) in [7, 11) is 1.40. The minimum absolute atomic E-state index is 0.0796. The smallest absolute Gasteiger partial charge is 0.270 e. The number of nitrogens with one attached hydrogen (secondary N) is 2. The molecule has 3 atom stereocenters. The van der Waals surface area contributed by atoms with E-state index in [1.165, 1.54) is 19.4 Å². The van der Waals surface area contributed by atoms with Crippen LogP contribution in [0.2, 0.25) is 0 Å². The molecule has 4 aliphatic rings. The van der Waals surface area contributed by atoms with Crippen molar-refractivity contribution in [1.82, 2.24) is 20.1 Å². The first-order valence-corrected chi connectivity index (χ1v) is 13.0. The van der Waals surface area contributed by atoms with Crippen LogP contribution in [0.4, 0.5) is 5.69 Å². The van der Waals surface area contributed by atoms with Crippen LogP contribution in [-0.4, -0.2) is 78.4 Å². The van der Waals surface area contributed by atoms with Gasteiger partial charge in [0.15, 0.2) is 5.75 Å². The maximum absolute atomic E-state index is 14.4. The lowest BCUT2D eigenvalue weighted by Gasteiger charge is -2.37. The zero-order chi connectivity index (χ0) is 25.7. The quantitative estimate of drug-likeness (QED) is 0.631.